The van der Waals surface area contributed by atoms with Crippen molar-refractivity contribution in [3.8, 4) is 0 Å². The van der Waals surface area contributed by atoms with Crippen LogP contribution in [0.15, 0.2) is 6.07 Å². The quantitative estimate of drug-likeness (QED) is 0.895. The zero-order valence-electron chi connectivity index (χ0n) is 14.8. The maximum atomic E-state index is 12.5. The number of hydrogen-bond acceptors (Lipinski definition) is 5. The Bertz CT molecular complexity index is 572. The largest absolute Gasteiger partial charge is 0.377 e. The second-order valence-corrected chi connectivity index (χ2v) is 6.96. The summed E-state index contributed by atoms with van der Waals surface area (Å²) in [4.78, 5) is 23.7. The third kappa shape index (κ3) is 4.04. The zero-order valence-corrected chi connectivity index (χ0v) is 14.8. The third-order valence-corrected chi connectivity index (χ3v) is 5.07. The van der Waals surface area contributed by atoms with E-state index in [9.17, 15) is 4.79 Å². The first kappa shape index (κ1) is 17.1. The smallest absolute Gasteiger partial charge is 0.242 e. The summed E-state index contributed by atoms with van der Waals surface area (Å²) in [6, 6.07) is 1.86. The van der Waals surface area contributed by atoms with Crippen molar-refractivity contribution in [2.45, 2.75) is 58.1 Å². The molecule has 0 unspecified atom stereocenters. The van der Waals surface area contributed by atoms with Crippen LogP contribution < -0.4 is 10.2 Å². The molecule has 0 aromatic carbocycles. The summed E-state index contributed by atoms with van der Waals surface area (Å²) in [5.41, 5.74) is 0.912. The minimum Gasteiger partial charge on any atom is -0.377 e. The molecule has 1 aliphatic heterocycles. The fourth-order valence-electron chi connectivity index (χ4n) is 3.91. The molecule has 1 N–H and O–H groups in total. The van der Waals surface area contributed by atoms with Gasteiger partial charge >= 0.3 is 0 Å². The van der Waals surface area contributed by atoms with Crippen LogP contribution in [0.25, 0.3) is 0 Å². The summed E-state index contributed by atoms with van der Waals surface area (Å²) >= 11 is 0. The fraction of sp³-hybridized carbons (Fsp3) is 0.722. The van der Waals surface area contributed by atoms with Gasteiger partial charge in [-0.1, -0.05) is 32.1 Å². The Hall–Kier alpha value is -1.69. The van der Waals surface area contributed by atoms with E-state index in [-0.39, 0.29) is 11.9 Å². The number of rotatable bonds is 5. The number of carbonyl (C=O) groups excluding carboxylic acids is 1. The van der Waals surface area contributed by atoms with Crippen molar-refractivity contribution in [1.82, 2.24) is 15.3 Å². The number of nitrogens with zero attached hydrogens (tertiary/aromatic N) is 3. The summed E-state index contributed by atoms with van der Waals surface area (Å²) in [5.74, 6) is 2.31. The van der Waals surface area contributed by atoms with Crippen LogP contribution in [0, 0.1) is 12.8 Å². The average Bonchev–Trinajstić information content (AvgIpc) is 2.57. The predicted molar refractivity (Wildman–Crippen MR) is 92.8 cm³/mol. The highest BCUT2D eigenvalue weighted by atomic mass is 16.5. The van der Waals surface area contributed by atoms with Gasteiger partial charge in [-0.25, -0.2) is 9.97 Å². The van der Waals surface area contributed by atoms with Gasteiger partial charge in [0.1, 0.15) is 18.5 Å². The van der Waals surface area contributed by atoms with E-state index < -0.39 is 0 Å². The molecule has 0 spiro atoms. The van der Waals surface area contributed by atoms with E-state index in [1.165, 1.54) is 32.1 Å². The molecule has 1 aromatic heterocycles. The summed E-state index contributed by atoms with van der Waals surface area (Å²) < 4.78 is 5.17. The lowest BCUT2D eigenvalue weighted by Gasteiger charge is -2.38. The van der Waals surface area contributed by atoms with Crippen molar-refractivity contribution < 1.29 is 9.53 Å². The summed E-state index contributed by atoms with van der Waals surface area (Å²) in [6.45, 7) is 3.82. The van der Waals surface area contributed by atoms with Crippen molar-refractivity contribution in [3.05, 3.63) is 17.6 Å². The van der Waals surface area contributed by atoms with Crippen LogP contribution in [0.2, 0.25) is 0 Å². The number of methoxy groups -OCH3 is 1. The van der Waals surface area contributed by atoms with E-state index in [2.05, 4.69) is 20.2 Å². The predicted octanol–water partition coefficient (Wildman–Crippen LogP) is 2.21. The summed E-state index contributed by atoms with van der Waals surface area (Å²) in [5, 5.41) is 3.03. The second kappa shape index (κ2) is 7.92. The first-order chi connectivity index (χ1) is 11.7. The Morgan fingerprint density at radius 1 is 1.29 bits per heavy atom. The maximum Gasteiger partial charge on any atom is 0.242 e. The van der Waals surface area contributed by atoms with Crippen LogP contribution in [-0.4, -0.2) is 42.1 Å². The lowest BCUT2D eigenvalue weighted by Crippen LogP contribution is -2.56. The molecule has 132 valence electrons. The topological polar surface area (TPSA) is 67.3 Å². The molecule has 1 aromatic rings. The molecule has 1 saturated heterocycles. The van der Waals surface area contributed by atoms with Crippen LogP contribution in [0.4, 0.5) is 5.82 Å². The Kier molecular flexibility index (Phi) is 5.66. The minimum atomic E-state index is -0.119. The number of carbonyl (C=O) groups is 1. The highest BCUT2D eigenvalue weighted by molar-refractivity contribution is 5.86. The zero-order chi connectivity index (χ0) is 16.9. The van der Waals surface area contributed by atoms with Gasteiger partial charge in [0.15, 0.2) is 5.82 Å². The number of amides is 1. The van der Waals surface area contributed by atoms with E-state index in [1.807, 2.05) is 13.0 Å². The molecule has 1 aliphatic carbocycles. The van der Waals surface area contributed by atoms with Crippen LogP contribution in [0.5, 0.6) is 0 Å². The van der Waals surface area contributed by atoms with Crippen molar-refractivity contribution in [3.63, 3.8) is 0 Å². The van der Waals surface area contributed by atoms with Crippen molar-refractivity contribution in [1.29, 1.82) is 0 Å². The molecule has 0 bridgehead atoms. The molecule has 2 aliphatic rings. The standard InChI is InChI=1S/C18H28N4O2/c1-13-10-17(21-16(20-13)12-24-2)22-9-8-19-18(23)15(22)11-14-6-4-3-5-7-14/h10,14-15H,3-9,11-12H2,1-2H3,(H,19,23)/t15-/m0/s1. The molecule has 6 heteroatoms. The van der Waals surface area contributed by atoms with Gasteiger partial charge in [0.2, 0.25) is 5.91 Å². The highest BCUT2D eigenvalue weighted by Gasteiger charge is 2.33. The number of anilines is 1. The van der Waals surface area contributed by atoms with Crippen LogP contribution >= 0.6 is 0 Å². The first-order valence-electron chi connectivity index (χ1n) is 9.05. The van der Waals surface area contributed by atoms with E-state index in [4.69, 9.17) is 4.74 Å². The number of aromatic nitrogens is 2. The molecule has 6 nitrogen and oxygen atoms in total. The SMILES string of the molecule is COCc1nc(C)cc(N2CCNC(=O)[C@@H]2CC2CCCCC2)n1. The van der Waals surface area contributed by atoms with Crippen molar-refractivity contribution in [2.75, 3.05) is 25.1 Å². The molecule has 1 amide bonds. The Balaban J connectivity index is 1.81. The molecule has 2 fully saturated rings. The molecular formula is C18H28N4O2. The molecule has 24 heavy (non-hydrogen) atoms. The number of aryl methyl sites for hydroxylation is 1. The Morgan fingerprint density at radius 3 is 2.83 bits per heavy atom. The lowest BCUT2D eigenvalue weighted by molar-refractivity contribution is -0.123. The van der Waals surface area contributed by atoms with Crippen LogP contribution in [0.1, 0.15) is 50.0 Å². The van der Waals surface area contributed by atoms with Crippen LogP contribution in [0.3, 0.4) is 0 Å². The molecule has 1 atom stereocenters. The molecule has 0 radical (unpaired) electrons. The number of hydrogen-bond donors (Lipinski definition) is 1. The van der Waals surface area contributed by atoms with Gasteiger partial charge < -0.3 is 15.0 Å². The lowest BCUT2D eigenvalue weighted by atomic mass is 9.84. The van der Waals surface area contributed by atoms with Gasteiger partial charge in [-0.05, 0) is 19.3 Å². The van der Waals surface area contributed by atoms with E-state index in [0.717, 1.165) is 24.5 Å². The van der Waals surface area contributed by atoms with E-state index in [0.29, 0.717) is 24.9 Å². The molecular weight excluding hydrogens is 304 g/mol. The van der Waals surface area contributed by atoms with E-state index in [1.54, 1.807) is 7.11 Å². The van der Waals surface area contributed by atoms with Gasteiger partial charge in [0.25, 0.3) is 0 Å². The Labute approximate surface area is 144 Å². The average molecular weight is 332 g/mol. The minimum absolute atomic E-state index is 0.119. The normalized spacial score (nSPS) is 22.5. The fourth-order valence-corrected chi connectivity index (χ4v) is 3.91. The summed E-state index contributed by atoms with van der Waals surface area (Å²) in [7, 11) is 1.64. The monoisotopic (exact) mass is 332 g/mol. The maximum absolute atomic E-state index is 12.5. The van der Waals surface area contributed by atoms with Crippen LogP contribution in [-0.2, 0) is 16.1 Å². The van der Waals surface area contributed by atoms with E-state index >= 15 is 0 Å². The van der Waals surface area contributed by atoms with Gasteiger partial charge in [-0.3, -0.25) is 4.79 Å². The number of piperazine rings is 1. The van der Waals surface area contributed by atoms with Gasteiger partial charge in [0, 0.05) is 32.0 Å². The Morgan fingerprint density at radius 2 is 2.08 bits per heavy atom. The molecule has 3 rings (SSSR count). The third-order valence-electron chi connectivity index (χ3n) is 5.07. The van der Waals surface area contributed by atoms with Gasteiger partial charge in [-0.15, -0.1) is 0 Å². The van der Waals surface area contributed by atoms with Gasteiger partial charge in [0.05, 0.1) is 0 Å². The number of ether oxygens (including phenoxy) is 1. The molecule has 1 saturated carbocycles. The highest BCUT2D eigenvalue weighted by Crippen LogP contribution is 2.30. The molecule has 2 heterocycles. The van der Waals surface area contributed by atoms with Crippen molar-refractivity contribution >= 4 is 11.7 Å². The second-order valence-electron chi connectivity index (χ2n) is 6.96. The van der Waals surface area contributed by atoms with Gasteiger partial charge in [-0.2, -0.15) is 0 Å². The number of nitrogens with one attached hydrogen (secondary N) is 1. The summed E-state index contributed by atoms with van der Waals surface area (Å²) in [6.07, 6.45) is 7.34. The van der Waals surface area contributed by atoms with Crippen molar-refractivity contribution in [2.24, 2.45) is 5.92 Å². The first-order valence-corrected chi connectivity index (χ1v) is 9.05.